The van der Waals surface area contributed by atoms with Crippen LogP contribution < -0.4 is 0 Å². The normalized spacial score (nSPS) is 14.0. The van der Waals surface area contributed by atoms with Crippen molar-refractivity contribution in [1.82, 2.24) is 5.01 Å². The van der Waals surface area contributed by atoms with Crippen LogP contribution in [0.25, 0.3) is 0 Å². The van der Waals surface area contributed by atoms with Crippen LogP contribution in [-0.2, 0) is 23.0 Å². The number of nitrogens with zero attached hydrogens (tertiary/aromatic N) is 3. The van der Waals surface area contributed by atoms with Crippen molar-refractivity contribution in [3.05, 3.63) is 5.21 Å². The highest BCUT2D eigenvalue weighted by Crippen LogP contribution is 2.55. The van der Waals surface area contributed by atoms with Gasteiger partial charge >= 0.3 is 7.82 Å². The summed E-state index contributed by atoms with van der Waals surface area (Å²) in [7, 11) is -3.88. The molecule has 0 amide bonds. The summed E-state index contributed by atoms with van der Waals surface area (Å²) in [6, 6.07) is 0. The lowest BCUT2D eigenvalue weighted by Crippen LogP contribution is -2.30. The molecule has 0 aromatic heterocycles. The summed E-state index contributed by atoms with van der Waals surface area (Å²) >= 11 is 0. The van der Waals surface area contributed by atoms with Gasteiger partial charge in [0.2, 0.25) is 12.1 Å². The molecule has 0 bridgehead atoms. The van der Waals surface area contributed by atoms with Gasteiger partial charge in [0.1, 0.15) is 0 Å². The average Bonchev–Trinajstić information content (AvgIpc) is 2.31. The Kier molecular flexibility index (Phi) is 8.48. The molecule has 10 heteroatoms. The van der Waals surface area contributed by atoms with Crippen LogP contribution in [0.5, 0.6) is 0 Å². The van der Waals surface area contributed by atoms with Gasteiger partial charge in [0.25, 0.3) is 0 Å². The van der Waals surface area contributed by atoms with Gasteiger partial charge in [0.15, 0.2) is 0 Å². The van der Waals surface area contributed by atoms with E-state index in [0.29, 0.717) is 18.1 Å². The van der Waals surface area contributed by atoms with Gasteiger partial charge in [-0.2, -0.15) is 0 Å². The maximum atomic E-state index is 12.6. The molecule has 0 aromatic carbocycles. The zero-order valence-corrected chi connectivity index (χ0v) is 16.3. The molecule has 0 unspecified atom stereocenters. The lowest BCUT2D eigenvalue weighted by Gasteiger charge is -2.30. The maximum Gasteiger partial charge on any atom is 0.478 e. The summed E-state index contributed by atoms with van der Waals surface area (Å²) in [6.07, 6.45) is 0. The standard InChI is InChI=1S/C13H30N3O6P/c1-9-15(10-2)16(17)14-19-11-20-23(18,21-12(3,4)5)22-13(6,7)8/h9-11H2,1-8H3/b16-14-. The maximum absolute atomic E-state index is 12.6. The van der Waals surface area contributed by atoms with E-state index >= 15 is 0 Å². The molecule has 23 heavy (non-hydrogen) atoms. The highest BCUT2D eigenvalue weighted by molar-refractivity contribution is 7.48. The molecule has 0 heterocycles. The minimum absolute atomic E-state index is 0.309. The fourth-order valence-electron chi connectivity index (χ4n) is 1.42. The van der Waals surface area contributed by atoms with E-state index in [-0.39, 0.29) is 0 Å². The number of rotatable bonds is 9. The van der Waals surface area contributed by atoms with E-state index in [2.05, 4.69) is 5.28 Å². The third-order valence-electron chi connectivity index (χ3n) is 2.13. The minimum atomic E-state index is -3.88. The van der Waals surface area contributed by atoms with E-state index < -0.39 is 25.8 Å². The highest BCUT2D eigenvalue weighted by atomic mass is 31.2. The third-order valence-corrected chi connectivity index (χ3v) is 4.10. The van der Waals surface area contributed by atoms with E-state index in [4.69, 9.17) is 18.4 Å². The molecule has 0 saturated carbocycles. The van der Waals surface area contributed by atoms with Crippen LogP contribution in [0.15, 0.2) is 5.28 Å². The van der Waals surface area contributed by atoms with Gasteiger partial charge in [-0.15, -0.1) is 5.01 Å². The molecule has 0 fully saturated rings. The number of hydrogen-bond acceptors (Lipinski definition) is 7. The zero-order chi connectivity index (χ0) is 18.3. The second kappa shape index (κ2) is 8.82. The van der Waals surface area contributed by atoms with Gasteiger partial charge in [0.05, 0.1) is 29.3 Å². The van der Waals surface area contributed by atoms with Gasteiger partial charge in [-0.3, -0.25) is 9.05 Å². The molecular formula is C13H30N3O6P. The summed E-state index contributed by atoms with van der Waals surface area (Å²) in [6.45, 7) is 14.4. The van der Waals surface area contributed by atoms with Gasteiger partial charge in [-0.05, 0) is 55.4 Å². The van der Waals surface area contributed by atoms with Crippen molar-refractivity contribution in [2.24, 2.45) is 5.28 Å². The van der Waals surface area contributed by atoms with E-state index in [1.807, 2.05) is 13.8 Å². The Balaban J connectivity index is 4.75. The predicted octanol–water partition coefficient (Wildman–Crippen LogP) is 3.85. The second-order valence-electron chi connectivity index (χ2n) is 6.70. The molecule has 0 atom stereocenters. The monoisotopic (exact) mass is 355 g/mol. The number of phosphoric ester groups is 1. The van der Waals surface area contributed by atoms with Crippen molar-refractivity contribution >= 4 is 7.82 Å². The zero-order valence-electron chi connectivity index (χ0n) is 15.4. The van der Waals surface area contributed by atoms with E-state index in [1.54, 1.807) is 41.5 Å². The van der Waals surface area contributed by atoms with E-state index in [0.717, 1.165) is 0 Å². The van der Waals surface area contributed by atoms with Gasteiger partial charge in [-0.25, -0.2) is 9.09 Å². The lowest BCUT2D eigenvalue weighted by atomic mass is 10.2. The number of hydrazine groups is 1. The quantitative estimate of drug-likeness (QED) is 0.155. The Morgan fingerprint density at radius 2 is 1.48 bits per heavy atom. The molecule has 0 rings (SSSR count). The Morgan fingerprint density at radius 1 is 1.04 bits per heavy atom. The largest absolute Gasteiger partial charge is 0.569 e. The fourth-order valence-corrected chi connectivity index (χ4v) is 3.08. The van der Waals surface area contributed by atoms with Crippen LogP contribution in [0.1, 0.15) is 55.4 Å². The molecule has 0 spiro atoms. The summed E-state index contributed by atoms with van der Waals surface area (Å²) in [5, 5.41) is 16.2. The summed E-state index contributed by atoms with van der Waals surface area (Å²) in [5.41, 5.74) is -1.49. The van der Waals surface area contributed by atoms with Crippen molar-refractivity contribution in [2.75, 3.05) is 19.9 Å². The first-order chi connectivity index (χ1) is 10.3. The highest BCUT2D eigenvalue weighted by Gasteiger charge is 2.37. The first-order valence-corrected chi connectivity index (χ1v) is 8.99. The minimum Gasteiger partial charge on any atom is -0.569 e. The molecule has 0 N–H and O–H groups in total. The summed E-state index contributed by atoms with van der Waals surface area (Å²) in [5.74, 6) is 0. The van der Waals surface area contributed by atoms with Gasteiger partial charge in [0, 0.05) is 0 Å². The first kappa shape index (κ1) is 22.1. The molecule has 0 aromatic rings. The van der Waals surface area contributed by atoms with Crippen molar-refractivity contribution < 1.29 is 27.9 Å². The molecule has 0 aliphatic carbocycles. The summed E-state index contributed by atoms with van der Waals surface area (Å²) < 4.78 is 28.5. The summed E-state index contributed by atoms with van der Waals surface area (Å²) in [4.78, 5) is 5.06. The molecule has 0 aliphatic heterocycles. The molecular weight excluding hydrogens is 325 g/mol. The van der Waals surface area contributed by atoms with Gasteiger partial charge in [-0.1, -0.05) is 0 Å². The predicted molar refractivity (Wildman–Crippen MR) is 85.3 cm³/mol. The lowest BCUT2D eigenvalue weighted by molar-refractivity contribution is -0.710. The topological polar surface area (TPSA) is 95.7 Å². The van der Waals surface area contributed by atoms with Crippen molar-refractivity contribution in [3.8, 4) is 0 Å². The Hall–Kier alpha value is -0.890. The Labute approximate surface area is 138 Å². The number of hydrogen-bond donors (Lipinski definition) is 0. The Bertz CT molecular complexity index is 406. The van der Waals surface area contributed by atoms with E-state index in [1.165, 1.54) is 5.01 Å². The van der Waals surface area contributed by atoms with Crippen LogP contribution in [0.4, 0.5) is 0 Å². The van der Waals surface area contributed by atoms with Crippen LogP contribution in [0, 0.1) is 5.21 Å². The molecule has 9 nitrogen and oxygen atoms in total. The molecule has 0 aliphatic rings. The van der Waals surface area contributed by atoms with Crippen molar-refractivity contribution in [2.45, 2.75) is 66.6 Å². The van der Waals surface area contributed by atoms with Crippen molar-refractivity contribution in [1.29, 1.82) is 0 Å². The average molecular weight is 355 g/mol. The van der Waals surface area contributed by atoms with Gasteiger partial charge < -0.3 is 10.0 Å². The SMILES string of the molecule is CCN(CC)/[N+]([O-])=N/OCOP(=O)(OC(C)(C)C)OC(C)(C)C. The number of phosphoric acid groups is 1. The Morgan fingerprint density at radius 3 is 1.83 bits per heavy atom. The molecule has 138 valence electrons. The van der Waals surface area contributed by atoms with Crippen molar-refractivity contribution in [3.63, 3.8) is 0 Å². The van der Waals surface area contributed by atoms with Crippen LogP contribution in [0.3, 0.4) is 0 Å². The smallest absolute Gasteiger partial charge is 0.478 e. The second-order valence-corrected chi connectivity index (χ2v) is 8.22. The van der Waals surface area contributed by atoms with Crippen LogP contribution in [-0.4, -0.2) is 41.1 Å². The third kappa shape index (κ3) is 10.5. The fraction of sp³-hybridized carbons (Fsp3) is 1.00. The van der Waals surface area contributed by atoms with Crippen LogP contribution in [0.2, 0.25) is 0 Å². The molecule has 0 radical (unpaired) electrons. The van der Waals surface area contributed by atoms with E-state index in [9.17, 15) is 9.77 Å². The van der Waals surface area contributed by atoms with Crippen LogP contribution >= 0.6 is 7.82 Å². The molecule has 0 saturated heterocycles. The first-order valence-electron chi connectivity index (χ1n) is 7.53.